The van der Waals surface area contributed by atoms with E-state index < -0.39 is 5.91 Å². The van der Waals surface area contributed by atoms with Crippen molar-refractivity contribution in [2.75, 3.05) is 19.8 Å². The number of carbonyl (C=O) groups is 1. The summed E-state index contributed by atoms with van der Waals surface area (Å²) in [5.41, 5.74) is 1.73. The molecule has 0 aliphatic heterocycles. The minimum absolute atomic E-state index is 0.0227. The third-order valence-electron chi connectivity index (χ3n) is 4.08. The molecule has 2 aromatic carbocycles. The maximum absolute atomic E-state index is 12.4. The topological polar surface area (TPSA) is 71.3 Å². The van der Waals surface area contributed by atoms with Crippen LogP contribution in [0.1, 0.15) is 24.5 Å². The third-order valence-corrected chi connectivity index (χ3v) is 4.36. The fraction of sp³-hybridized carbons (Fsp3) is 0.250. The highest BCUT2D eigenvalue weighted by atomic mass is 35.5. The second kappa shape index (κ2) is 12.2. The van der Waals surface area contributed by atoms with Gasteiger partial charge in [-0.3, -0.25) is 4.79 Å². The normalized spacial score (nSPS) is 10.6. The lowest BCUT2D eigenvalue weighted by Gasteiger charge is -2.13. The van der Waals surface area contributed by atoms with E-state index in [4.69, 9.17) is 27.5 Å². The molecular weight excluding hydrogens is 400 g/mol. The van der Waals surface area contributed by atoms with Gasteiger partial charge in [0.1, 0.15) is 18.2 Å². The Kier molecular flexibility index (Phi) is 9.31. The van der Waals surface area contributed by atoms with E-state index in [-0.39, 0.29) is 17.2 Å². The van der Waals surface area contributed by atoms with Gasteiger partial charge in [-0.25, -0.2) is 0 Å². The number of terminal acetylenes is 1. The molecule has 0 radical (unpaired) electrons. The van der Waals surface area contributed by atoms with Crippen molar-refractivity contribution < 1.29 is 14.3 Å². The molecule has 0 atom stereocenters. The van der Waals surface area contributed by atoms with Crippen LogP contribution in [0.5, 0.6) is 11.5 Å². The number of hydrogen-bond donors (Lipinski definition) is 1. The number of nitriles is 1. The van der Waals surface area contributed by atoms with Gasteiger partial charge in [-0.05, 0) is 49.1 Å². The molecule has 6 heteroatoms. The highest BCUT2D eigenvalue weighted by molar-refractivity contribution is 6.32. The Bertz CT molecular complexity index is 972. The van der Waals surface area contributed by atoms with Crippen molar-refractivity contribution in [2.24, 2.45) is 0 Å². The molecule has 0 fully saturated rings. The summed E-state index contributed by atoms with van der Waals surface area (Å²) in [6.45, 7) is 2.73. The first-order valence-corrected chi connectivity index (χ1v) is 9.93. The van der Waals surface area contributed by atoms with Gasteiger partial charge in [-0.1, -0.05) is 47.9 Å². The van der Waals surface area contributed by atoms with Crippen molar-refractivity contribution in [1.82, 2.24) is 5.32 Å². The van der Waals surface area contributed by atoms with Gasteiger partial charge >= 0.3 is 0 Å². The predicted molar refractivity (Wildman–Crippen MR) is 118 cm³/mol. The number of amides is 1. The molecule has 0 saturated heterocycles. The monoisotopic (exact) mass is 422 g/mol. The summed E-state index contributed by atoms with van der Waals surface area (Å²) in [6.07, 6.45) is 8.32. The van der Waals surface area contributed by atoms with Gasteiger partial charge in [-0.2, -0.15) is 5.26 Å². The Morgan fingerprint density at radius 2 is 2.03 bits per heavy atom. The number of benzene rings is 2. The molecule has 0 heterocycles. The van der Waals surface area contributed by atoms with Crippen LogP contribution in [-0.4, -0.2) is 25.7 Å². The maximum atomic E-state index is 12.4. The van der Waals surface area contributed by atoms with E-state index in [1.165, 1.54) is 11.6 Å². The number of nitrogens with zero attached hydrogens (tertiary/aromatic N) is 1. The first kappa shape index (κ1) is 22.9. The second-order valence-corrected chi connectivity index (χ2v) is 6.68. The van der Waals surface area contributed by atoms with Crippen LogP contribution in [0.4, 0.5) is 0 Å². The molecule has 1 N–H and O–H groups in total. The predicted octanol–water partition coefficient (Wildman–Crippen LogP) is 4.41. The summed E-state index contributed by atoms with van der Waals surface area (Å²) in [4.78, 5) is 12.4. The zero-order valence-electron chi connectivity index (χ0n) is 16.8. The van der Waals surface area contributed by atoms with Gasteiger partial charge in [0, 0.05) is 6.54 Å². The third kappa shape index (κ3) is 6.88. The fourth-order valence-corrected chi connectivity index (χ4v) is 3.01. The van der Waals surface area contributed by atoms with Crippen molar-refractivity contribution in [2.45, 2.75) is 19.8 Å². The van der Waals surface area contributed by atoms with E-state index in [9.17, 15) is 10.1 Å². The zero-order valence-corrected chi connectivity index (χ0v) is 17.5. The summed E-state index contributed by atoms with van der Waals surface area (Å²) >= 11 is 6.29. The first-order valence-electron chi connectivity index (χ1n) is 9.55. The van der Waals surface area contributed by atoms with Crippen molar-refractivity contribution in [3.63, 3.8) is 0 Å². The number of ether oxygens (including phenoxy) is 2. The number of carbonyl (C=O) groups excluding carboxylic acids is 1. The Labute approximate surface area is 182 Å². The van der Waals surface area contributed by atoms with E-state index in [1.807, 2.05) is 43.3 Å². The van der Waals surface area contributed by atoms with E-state index in [1.54, 1.807) is 12.1 Å². The van der Waals surface area contributed by atoms with E-state index in [0.717, 1.165) is 12.8 Å². The number of halogens is 1. The summed E-state index contributed by atoms with van der Waals surface area (Å²) in [5, 5.41) is 12.5. The first-order chi connectivity index (χ1) is 14.6. The number of aryl methyl sites for hydroxylation is 1. The van der Waals surface area contributed by atoms with Crippen LogP contribution >= 0.6 is 11.6 Å². The molecule has 0 unspecified atom stereocenters. The number of hydrogen-bond acceptors (Lipinski definition) is 4. The van der Waals surface area contributed by atoms with Crippen molar-refractivity contribution >= 4 is 23.6 Å². The molecule has 0 aromatic heterocycles. The minimum atomic E-state index is -0.438. The highest BCUT2D eigenvalue weighted by Gasteiger charge is 2.14. The zero-order chi connectivity index (χ0) is 21.8. The molecule has 0 spiro atoms. The Balaban J connectivity index is 2.07. The van der Waals surface area contributed by atoms with Gasteiger partial charge in [0.05, 0.1) is 11.6 Å². The van der Waals surface area contributed by atoms with E-state index in [2.05, 4.69) is 11.2 Å². The van der Waals surface area contributed by atoms with Crippen molar-refractivity contribution in [1.29, 1.82) is 5.26 Å². The molecule has 2 aromatic rings. The molecule has 0 saturated carbocycles. The van der Waals surface area contributed by atoms with Gasteiger partial charge in [-0.15, -0.1) is 6.42 Å². The summed E-state index contributed by atoms with van der Waals surface area (Å²) in [6, 6.07) is 15.2. The van der Waals surface area contributed by atoms with Crippen LogP contribution in [0, 0.1) is 23.7 Å². The summed E-state index contributed by atoms with van der Waals surface area (Å²) in [7, 11) is 0. The van der Waals surface area contributed by atoms with E-state index >= 15 is 0 Å². The van der Waals surface area contributed by atoms with Gasteiger partial charge in [0.2, 0.25) is 0 Å². The average molecular weight is 423 g/mol. The van der Waals surface area contributed by atoms with Crippen LogP contribution in [0.2, 0.25) is 5.02 Å². The SMILES string of the molecule is C#CCOc1c(Cl)cc(/C=C(/C#N)C(=O)NCCCc2ccccc2)cc1OCC. The Morgan fingerprint density at radius 1 is 1.27 bits per heavy atom. The number of nitrogens with one attached hydrogen (secondary N) is 1. The van der Waals surface area contributed by atoms with Crippen LogP contribution in [0.3, 0.4) is 0 Å². The smallest absolute Gasteiger partial charge is 0.261 e. The van der Waals surface area contributed by atoms with E-state index in [0.29, 0.717) is 30.2 Å². The lowest BCUT2D eigenvalue weighted by atomic mass is 10.1. The standard InChI is InChI=1S/C24H23ClN2O3/c1-3-13-30-23-21(25)15-19(16-22(23)29-4-2)14-20(17-26)24(28)27-12-8-11-18-9-6-5-7-10-18/h1,5-7,9-10,14-16H,4,8,11-13H2,2H3,(H,27,28)/b20-14-. The second-order valence-electron chi connectivity index (χ2n) is 6.27. The lowest BCUT2D eigenvalue weighted by molar-refractivity contribution is -0.117. The molecule has 0 bridgehead atoms. The Hall–Kier alpha value is -3.41. The van der Waals surface area contributed by atoms with Crippen LogP contribution in [0.25, 0.3) is 6.08 Å². The molecule has 0 aliphatic rings. The summed E-state index contributed by atoms with van der Waals surface area (Å²) < 4.78 is 11.0. The molecule has 154 valence electrons. The van der Waals surface area contributed by atoms with Crippen LogP contribution < -0.4 is 14.8 Å². The molecule has 2 rings (SSSR count). The van der Waals surface area contributed by atoms with Gasteiger partial charge in [0.25, 0.3) is 5.91 Å². The molecule has 30 heavy (non-hydrogen) atoms. The van der Waals surface area contributed by atoms with Crippen LogP contribution in [0.15, 0.2) is 48.0 Å². The lowest BCUT2D eigenvalue weighted by Crippen LogP contribution is -2.25. The summed E-state index contributed by atoms with van der Waals surface area (Å²) in [5.74, 6) is 2.66. The van der Waals surface area contributed by atoms with Gasteiger partial charge in [0.15, 0.2) is 11.5 Å². The molecule has 5 nitrogen and oxygen atoms in total. The average Bonchev–Trinajstić information content (AvgIpc) is 2.75. The molecule has 1 amide bonds. The fourth-order valence-electron chi connectivity index (χ4n) is 2.74. The van der Waals surface area contributed by atoms with Crippen molar-refractivity contribution in [3.8, 4) is 29.9 Å². The van der Waals surface area contributed by atoms with Gasteiger partial charge < -0.3 is 14.8 Å². The number of rotatable bonds is 10. The van der Waals surface area contributed by atoms with Crippen LogP contribution in [-0.2, 0) is 11.2 Å². The maximum Gasteiger partial charge on any atom is 0.261 e. The largest absolute Gasteiger partial charge is 0.490 e. The Morgan fingerprint density at radius 3 is 2.70 bits per heavy atom. The minimum Gasteiger partial charge on any atom is -0.490 e. The highest BCUT2D eigenvalue weighted by Crippen LogP contribution is 2.37. The quantitative estimate of drug-likeness (QED) is 0.266. The molecule has 0 aliphatic carbocycles. The molecular formula is C24H23ClN2O3. The van der Waals surface area contributed by atoms with Crippen molar-refractivity contribution in [3.05, 3.63) is 64.2 Å².